The molecule has 0 spiro atoms. The van der Waals surface area contributed by atoms with E-state index in [4.69, 9.17) is 18.9 Å². The molecule has 80 heavy (non-hydrogen) atoms. The van der Waals surface area contributed by atoms with E-state index < -0.39 is 35.5 Å². The lowest BCUT2D eigenvalue weighted by atomic mass is 10.0. The van der Waals surface area contributed by atoms with Gasteiger partial charge in [-0.2, -0.15) is 0 Å². The molecule has 0 atom stereocenters. The topological polar surface area (TPSA) is 105 Å². The fourth-order valence-electron chi connectivity index (χ4n) is 10.1. The molecule has 8 nitrogen and oxygen atoms in total. The zero-order valence-electron chi connectivity index (χ0n) is 47.8. The van der Waals surface area contributed by atoms with Crippen LogP contribution in [0.1, 0.15) is 246 Å². The summed E-state index contributed by atoms with van der Waals surface area (Å²) in [5, 5.41) is 1.28. The lowest BCUT2D eigenvalue weighted by Gasteiger charge is -2.10. The smallest absolute Gasteiger partial charge is 0.343 e. The number of halogens is 2. The molecule has 0 fully saturated rings. The Balaban J connectivity index is 0.880. The van der Waals surface area contributed by atoms with Gasteiger partial charge in [0, 0.05) is 0 Å². The lowest BCUT2D eigenvalue weighted by Crippen LogP contribution is -2.12. The highest BCUT2D eigenvalue weighted by atomic mass is 19.1. The van der Waals surface area contributed by atoms with Crippen molar-refractivity contribution < 1.29 is 46.9 Å². The Bertz CT molecular complexity index is 2630. The van der Waals surface area contributed by atoms with Gasteiger partial charge < -0.3 is 18.9 Å². The van der Waals surface area contributed by atoms with E-state index in [1.165, 1.54) is 191 Å². The van der Waals surface area contributed by atoms with E-state index in [1.807, 2.05) is 24.3 Å². The van der Waals surface area contributed by atoms with Crippen molar-refractivity contribution in [2.24, 2.45) is 0 Å². The average Bonchev–Trinajstić information content (AvgIpc) is 3.47. The Hall–Kier alpha value is -6.68. The van der Waals surface area contributed by atoms with E-state index in [-0.39, 0.29) is 45.3 Å². The molecule has 0 aliphatic carbocycles. The number of carbonyl (C=O) groups excluding carboxylic acids is 4. The molecule has 6 rings (SSSR count). The highest BCUT2D eigenvalue weighted by Gasteiger charge is 2.19. The van der Waals surface area contributed by atoms with Gasteiger partial charge in [-0.1, -0.05) is 217 Å². The van der Waals surface area contributed by atoms with Gasteiger partial charge in [-0.3, -0.25) is 0 Å². The van der Waals surface area contributed by atoms with Crippen LogP contribution in [0, 0.1) is 11.6 Å². The monoisotopic (exact) mass is 1090 g/mol. The number of benzene rings is 6. The number of rotatable bonds is 38. The first kappa shape index (κ1) is 62.5. The fourth-order valence-corrected chi connectivity index (χ4v) is 10.1. The second kappa shape index (κ2) is 35.8. The summed E-state index contributed by atoms with van der Waals surface area (Å²) < 4.78 is 52.3. The minimum absolute atomic E-state index is 0.106. The molecule has 0 radical (unpaired) electrons. The van der Waals surface area contributed by atoms with Crippen molar-refractivity contribution in [1.82, 2.24) is 0 Å². The van der Waals surface area contributed by atoms with E-state index in [0.29, 0.717) is 5.39 Å². The SMILES string of the molecule is CCCCCCCCCCCCCCCCc1ccc(C(=O)Oc2ccc(C(=O)Oc3ccc4ccc(OC(=O)c5ccc(OC(=O)c6ccc(CCCCCCCCCCCCCCCC)cc6)c(F)c5)cc4c3)cc2F)cc1. The molecular weight excluding hydrogens is 1010 g/mol. The number of hydrogen-bond donors (Lipinski definition) is 0. The largest absolute Gasteiger partial charge is 0.423 e. The van der Waals surface area contributed by atoms with Crippen LogP contribution in [0.2, 0.25) is 0 Å². The van der Waals surface area contributed by atoms with Crippen molar-refractivity contribution in [3.63, 3.8) is 0 Å². The molecule has 0 saturated carbocycles. The highest BCUT2D eigenvalue weighted by molar-refractivity contribution is 5.95. The van der Waals surface area contributed by atoms with Crippen LogP contribution in [0.25, 0.3) is 10.8 Å². The first-order valence-electron chi connectivity index (χ1n) is 30.3. The molecular formula is C70H86F2O8. The van der Waals surface area contributed by atoms with Gasteiger partial charge in [0.15, 0.2) is 23.1 Å². The van der Waals surface area contributed by atoms with Gasteiger partial charge >= 0.3 is 23.9 Å². The third-order valence-electron chi connectivity index (χ3n) is 15.0. The highest BCUT2D eigenvalue weighted by Crippen LogP contribution is 2.29. The van der Waals surface area contributed by atoms with Crippen LogP contribution >= 0.6 is 0 Å². The van der Waals surface area contributed by atoms with Gasteiger partial charge in [0.25, 0.3) is 0 Å². The molecule has 0 amide bonds. The van der Waals surface area contributed by atoms with Gasteiger partial charge in [0.1, 0.15) is 11.5 Å². The van der Waals surface area contributed by atoms with Crippen molar-refractivity contribution in [2.45, 2.75) is 206 Å². The van der Waals surface area contributed by atoms with Crippen LogP contribution < -0.4 is 18.9 Å². The average molecular weight is 1090 g/mol. The molecule has 0 bridgehead atoms. The van der Waals surface area contributed by atoms with Gasteiger partial charge in [-0.05, 0) is 133 Å². The quantitative estimate of drug-likeness (QED) is 0.0214. The predicted octanol–water partition coefficient (Wildman–Crippen LogP) is 20.0. The van der Waals surface area contributed by atoms with E-state index in [0.717, 1.165) is 54.3 Å². The number of ether oxygens (including phenoxy) is 4. The van der Waals surface area contributed by atoms with Crippen LogP contribution in [0.3, 0.4) is 0 Å². The van der Waals surface area contributed by atoms with Gasteiger partial charge in [-0.15, -0.1) is 0 Å². The summed E-state index contributed by atoms with van der Waals surface area (Å²) in [7, 11) is 0. The third kappa shape index (κ3) is 22.5. The summed E-state index contributed by atoms with van der Waals surface area (Å²) in [6.45, 7) is 4.52. The Morgan fingerprint density at radius 1 is 0.300 bits per heavy atom. The minimum atomic E-state index is -0.909. The second-order valence-corrected chi connectivity index (χ2v) is 21.6. The fraction of sp³-hybridized carbons (Fsp3) is 0.457. The third-order valence-corrected chi connectivity index (χ3v) is 15.0. The van der Waals surface area contributed by atoms with Crippen LogP contribution in [0.5, 0.6) is 23.0 Å². The first-order valence-corrected chi connectivity index (χ1v) is 30.3. The molecule has 0 heterocycles. The van der Waals surface area contributed by atoms with Crippen LogP contribution in [-0.4, -0.2) is 23.9 Å². The number of fused-ring (bicyclic) bond motifs is 1. The number of carbonyl (C=O) groups is 4. The molecule has 6 aromatic carbocycles. The molecule has 0 saturated heterocycles. The Kier molecular flexibility index (Phi) is 28.0. The van der Waals surface area contributed by atoms with E-state index in [1.54, 1.807) is 60.7 Å². The summed E-state index contributed by atoms with van der Waals surface area (Å²) in [5.74, 6) is -5.32. The maximum Gasteiger partial charge on any atom is 0.343 e. The molecule has 0 aliphatic heterocycles. The van der Waals surface area contributed by atoms with E-state index in [9.17, 15) is 19.2 Å². The molecule has 6 aromatic rings. The van der Waals surface area contributed by atoms with E-state index in [2.05, 4.69) is 13.8 Å². The molecule has 10 heteroatoms. The number of hydrogen-bond acceptors (Lipinski definition) is 8. The van der Waals surface area contributed by atoms with Crippen LogP contribution in [-0.2, 0) is 12.8 Å². The number of aryl methyl sites for hydroxylation is 2. The second-order valence-electron chi connectivity index (χ2n) is 21.6. The normalized spacial score (nSPS) is 11.2. The lowest BCUT2D eigenvalue weighted by molar-refractivity contribution is 0.0714. The summed E-state index contributed by atoms with van der Waals surface area (Å²) in [6, 6.07) is 30.9. The van der Waals surface area contributed by atoms with Crippen molar-refractivity contribution in [1.29, 1.82) is 0 Å². The summed E-state index contributed by atoms with van der Waals surface area (Å²) in [5.41, 5.74) is 2.62. The molecule has 428 valence electrons. The van der Waals surface area contributed by atoms with Crippen molar-refractivity contribution in [3.8, 4) is 23.0 Å². The van der Waals surface area contributed by atoms with Crippen molar-refractivity contribution in [3.05, 3.63) is 166 Å². The van der Waals surface area contributed by atoms with Crippen molar-refractivity contribution in [2.75, 3.05) is 0 Å². The summed E-state index contributed by atoms with van der Waals surface area (Å²) >= 11 is 0. The predicted molar refractivity (Wildman–Crippen MR) is 317 cm³/mol. The van der Waals surface area contributed by atoms with E-state index >= 15 is 8.78 Å². The summed E-state index contributed by atoms with van der Waals surface area (Å²) in [6.07, 6.45) is 38.5. The van der Waals surface area contributed by atoms with Crippen LogP contribution in [0.15, 0.2) is 121 Å². The first-order chi connectivity index (χ1) is 39.1. The maximum atomic E-state index is 15.2. The zero-order valence-corrected chi connectivity index (χ0v) is 47.8. The zero-order chi connectivity index (χ0) is 56.6. The number of esters is 4. The summed E-state index contributed by atoms with van der Waals surface area (Å²) in [4.78, 5) is 52.2. The molecule has 0 unspecified atom stereocenters. The van der Waals surface area contributed by atoms with Crippen LogP contribution in [0.4, 0.5) is 8.78 Å². The van der Waals surface area contributed by atoms with Gasteiger partial charge in [0.2, 0.25) is 0 Å². The molecule has 0 N–H and O–H groups in total. The molecule has 0 aliphatic rings. The Morgan fingerprint density at radius 2 is 0.588 bits per heavy atom. The van der Waals surface area contributed by atoms with Gasteiger partial charge in [-0.25, -0.2) is 28.0 Å². The molecule has 0 aromatic heterocycles. The van der Waals surface area contributed by atoms with Gasteiger partial charge in [0.05, 0.1) is 22.3 Å². The Morgan fingerprint density at radius 3 is 0.900 bits per heavy atom. The standard InChI is InChI=1S/C70H86F2O8/c1-3-5-7-9-11-13-15-17-19-21-23-25-27-29-31-53-33-37-56(38-34-53)67(73)79-65-47-43-58(51-63(65)71)69(75)77-61-45-41-55-42-46-62(50-60(55)49-61)78-70(76)59-44-48-66(64(72)52-59)80-68(74)57-39-35-54(36-40-57)32-30-28-26-24-22-20-18-16-14-12-10-8-6-4-2/h33-52H,3-32H2,1-2H3. The minimum Gasteiger partial charge on any atom is -0.423 e. The van der Waals surface area contributed by atoms with Crippen molar-refractivity contribution >= 4 is 34.6 Å². The maximum absolute atomic E-state index is 15.2. The number of unbranched alkanes of at least 4 members (excludes halogenated alkanes) is 26. The Labute approximate surface area is 475 Å².